The zero-order valence-electron chi connectivity index (χ0n) is 10.1. The Morgan fingerprint density at radius 1 is 1.24 bits per heavy atom. The molecule has 1 heterocycles. The minimum Gasteiger partial charge on any atom is -0.330 e. The number of hydrogen-bond donors (Lipinski definition) is 0. The van der Waals surface area contributed by atoms with Crippen LogP contribution in [0.3, 0.4) is 0 Å². The summed E-state index contributed by atoms with van der Waals surface area (Å²) >= 11 is 0. The normalized spacial score (nSPS) is 10.8. The van der Waals surface area contributed by atoms with Gasteiger partial charge in [-0.1, -0.05) is 43.3 Å². The molecule has 0 radical (unpaired) electrons. The van der Waals surface area contributed by atoms with Crippen LogP contribution in [0.15, 0.2) is 28.8 Å². The van der Waals surface area contributed by atoms with E-state index in [0.717, 1.165) is 5.56 Å². The molecule has 0 atom stereocenters. The topological polar surface area (TPSA) is 56.0 Å². The molecule has 0 spiro atoms. The summed E-state index contributed by atoms with van der Waals surface area (Å²) in [6.07, 6.45) is 0. The van der Waals surface area contributed by atoms with Crippen LogP contribution < -0.4 is 0 Å². The predicted molar refractivity (Wildman–Crippen MR) is 63.8 cm³/mol. The lowest BCUT2D eigenvalue weighted by atomic mass is 10.0. The fourth-order valence-corrected chi connectivity index (χ4v) is 1.50. The number of carbonyl (C=O) groups excluding carboxylic acids is 1. The van der Waals surface area contributed by atoms with Crippen LogP contribution in [0, 0.1) is 0 Å². The summed E-state index contributed by atoms with van der Waals surface area (Å²) in [6, 6.07) is 7.93. The third-order valence-electron chi connectivity index (χ3n) is 2.56. The number of ketones is 1. The summed E-state index contributed by atoms with van der Waals surface area (Å²) in [7, 11) is 0. The summed E-state index contributed by atoms with van der Waals surface area (Å²) < 4.78 is 4.85. The first-order valence-corrected chi connectivity index (χ1v) is 5.53. The van der Waals surface area contributed by atoms with E-state index in [4.69, 9.17) is 4.52 Å². The number of carbonyl (C=O) groups is 1. The fraction of sp³-hybridized carbons (Fsp3) is 0.308. The van der Waals surface area contributed by atoms with Crippen molar-refractivity contribution in [1.82, 2.24) is 10.1 Å². The van der Waals surface area contributed by atoms with Crippen molar-refractivity contribution in [2.45, 2.75) is 26.7 Å². The van der Waals surface area contributed by atoms with Crippen LogP contribution in [0.5, 0.6) is 0 Å². The van der Waals surface area contributed by atoms with Crippen LogP contribution in [0.4, 0.5) is 0 Å². The lowest BCUT2D eigenvalue weighted by Crippen LogP contribution is -1.91. The molecule has 0 unspecified atom stereocenters. The molecule has 4 nitrogen and oxygen atoms in total. The monoisotopic (exact) mass is 230 g/mol. The van der Waals surface area contributed by atoms with Crippen molar-refractivity contribution in [2.75, 3.05) is 0 Å². The van der Waals surface area contributed by atoms with Crippen molar-refractivity contribution < 1.29 is 9.32 Å². The van der Waals surface area contributed by atoms with Crippen molar-refractivity contribution in [1.29, 1.82) is 0 Å². The molecule has 0 fully saturated rings. The van der Waals surface area contributed by atoms with E-state index in [2.05, 4.69) is 24.0 Å². The highest BCUT2D eigenvalue weighted by molar-refractivity contribution is 5.89. The molecule has 17 heavy (non-hydrogen) atoms. The van der Waals surface area contributed by atoms with Crippen LogP contribution >= 0.6 is 0 Å². The van der Waals surface area contributed by atoms with Gasteiger partial charge < -0.3 is 4.52 Å². The van der Waals surface area contributed by atoms with Crippen LogP contribution in [-0.2, 0) is 0 Å². The Balaban J connectivity index is 2.30. The molecule has 0 saturated heterocycles. The highest BCUT2D eigenvalue weighted by Gasteiger charge is 2.11. The molecule has 0 aliphatic rings. The zero-order valence-corrected chi connectivity index (χ0v) is 10.1. The Bertz CT molecular complexity index is 527. The highest BCUT2D eigenvalue weighted by atomic mass is 16.5. The number of aromatic nitrogens is 2. The standard InChI is InChI=1S/C13H14N2O2/c1-8(2)10-4-6-11(7-5-10)12-14-13(9(3)16)17-15-12/h4-8H,1-3H3. The van der Waals surface area contributed by atoms with Crippen molar-refractivity contribution >= 4 is 5.78 Å². The fourth-order valence-electron chi connectivity index (χ4n) is 1.50. The molecule has 4 heteroatoms. The Morgan fingerprint density at radius 2 is 1.88 bits per heavy atom. The molecular formula is C13H14N2O2. The Kier molecular flexibility index (Phi) is 3.04. The third-order valence-corrected chi connectivity index (χ3v) is 2.56. The highest BCUT2D eigenvalue weighted by Crippen LogP contribution is 2.20. The predicted octanol–water partition coefficient (Wildman–Crippen LogP) is 3.06. The van der Waals surface area contributed by atoms with Crippen LogP contribution in [-0.4, -0.2) is 15.9 Å². The van der Waals surface area contributed by atoms with Crippen LogP contribution in [0.1, 0.15) is 42.9 Å². The van der Waals surface area contributed by atoms with Crippen molar-refractivity contribution in [3.05, 3.63) is 35.7 Å². The second kappa shape index (κ2) is 4.49. The van der Waals surface area contributed by atoms with Gasteiger partial charge in [-0.2, -0.15) is 4.98 Å². The molecular weight excluding hydrogens is 216 g/mol. The van der Waals surface area contributed by atoms with Gasteiger partial charge in [0.25, 0.3) is 5.89 Å². The molecule has 88 valence electrons. The first kappa shape index (κ1) is 11.5. The minimum atomic E-state index is -0.220. The Morgan fingerprint density at radius 3 is 2.35 bits per heavy atom. The molecule has 0 aliphatic heterocycles. The maximum Gasteiger partial charge on any atom is 0.294 e. The van der Waals surface area contributed by atoms with E-state index in [-0.39, 0.29) is 11.7 Å². The molecule has 0 bridgehead atoms. The van der Waals surface area contributed by atoms with Gasteiger partial charge in [0.05, 0.1) is 0 Å². The first-order chi connectivity index (χ1) is 8.08. The zero-order chi connectivity index (χ0) is 12.4. The Hall–Kier alpha value is -1.97. The van der Waals surface area contributed by atoms with E-state index in [9.17, 15) is 4.79 Å². The molecule has 0 amide bonds. The van der Waals surface area contributed by atoms with E-state index in [0.29, 0.717) is 11.7 Å². The number of benzene rings is 1. The van der Waals surface area contributed by atoms with Crippen LogP contribution in [0.2, 0.25) is 0 Å². The summed E-state index contributed by atoms with van der Waals surface area (Å²) in [6.45, 7) is 5.67. The minimum absolute atomic E-state index is 0.0490. The molecule has 0 N–H and O–H groups in total. The van der Waals surface area contributed by atoms with Crippen molar-refractivity contribution in [3.8, 4) is 11.4 Å². The SMILES string of the molecule is CC(=O)c1nc(-c2ccc(C(C)C)cc2)no1. The number of Topliss-reactive ketones (excluding diaryl/α,β-unsaturated/α-hetero) is 1. The summed E-state index contributed by atoms with van der Waals surface area (Å²) in [5, 5.41) is 3.78. The van der Waals surface area contributed by atoms with Gasteiger partial charge in [-0.15, -0.1) is 0 Å². The van der Waals surface area contributed by atoms with Gasteiger partial charge in [0, 0.05) is 12.5 Å². The lowest BCUT2D eigenvalue weighted by molar-refractivity contribution is 0.0972. The van der Waals surface area contributed by atoms with Gasteiger partial charge in [0.15, 0.2) is 0 Å². The van der Waals surface area contributed by atoms with Gasteiger partial charge in [0.2, 0.25) is 11.6 Å². The van der Waals surface area contributed by atoms with Crippen LogP contribution in [0.25, 0.3) is 11.4 Å². The van der Waals surface area contributed by atoms with E-state index >= 15 is 0 Å². The van der Waals surface area contributed by atoms with Gasteiger partial charge in [0.1, 0.15) is 0 Å². The van der Waals surface area contributed by atoms with E-state index in [1.807, 2.05) is 24.3 Å². The second-order valence-corrected chi connectivity index (χ2v) is 4.26. The average molecular weight is 230 g/mol. The molecule has 0 saturated carbocycles. The third kappa shape index (κ3) is 2.41. The smallest absolute Gasteiger partial charge is 0.294 e. The van der Waals surface area contributed by atoms with Gasteiger partial charge in [-0.3, -0.25) is 4.79 Å². The molecule has 1 aromatic heterocycles. The number of rotatable bonds is 3. The van der Waals surface area contributed by atoms with Crippen molar-refractivity contribution in [3.63, 3.8) is 0 Å². The summed E-state index contributed by atoms with van der Waals surface area (Å²) in [5.74, 6) is 0.767. The lowest BCUT2D eigenvalue weighted by Gasteiger charge is -2.04. The molecule has 0 aliphatic carbocycles. The van der Waals surface area contributed by atoms with E-state index in [1.165, 1.54) is 12.5 Å². The maximum absolute atomic E-state index is 11.0. The first-order valence-electron chi connectivity index (χ1n) is 5.53. The molecule has 1 aromatic carbocycles. The average Bonchev–Trinajstić information content (AvgIpc) is 2.78. The quantitative estimate of drug-likeness (QED) is 0.760. The number of hydrogen-bond acceptors (Lipinski definition) is 4. The van der Waals surface area contributed by atoms with Gasteiger partial charge in [-0.05, 0) is 11.5 Å². The van der Waals surface area contributed by atoms with Crippen molar-refractivity contribution in [2.24, 2.45) is 0 Å². The second-order valence-electron chi connectivity index (χ2n) is 4.26. The van der Waals surface area contributed by atoms with E-state index in [1.54, 1.807) is 0 Å². The van der Waals surface area contributed by atoms with Gasteiger partial charge in [-0.25, -0.2) is 0 Å². The van der Waals surface area contributed by atoms with E-state index < -0.39 is 0 Å². The number of nitrogens with zero attached hydrogens (tertiary/aromatic N) is 2. The van der Waals surface area contributed by atoms with Gasteiger partial charge >= 0.3 is 0 Å². The molecule has 2 rings (SSSR count). The maximum atomic E-state index is 11.0. The summed E-state index contributed by atoms with van der Waals surface area (Å²) in [4.78, 5) is 15.1. The Labute approximate surface area is 99.7 Å². The largest absolute Gasteiger partial charge is 0.330 e. The molecule has 2 aromatic rings. The summed E-state index contributed by atoms with van der Waals surface area (Å²) in [5.41, 5.74) is 2.11.